The quantitative estimate of drug-likeness (QED) is 0.497. The second-order valence-electron chi connectivity index (χ2n) is 7.68. The summed E-state index contributed by atoms with van der Waals surface area (Å²) in [5, 5.41) is 2.32. The Morgan fingerprint density at radius 2 is 1.86 bits per heavy atom. The number of thiazole rings is 1. The SMILES string of the molecule is CC1COC(C=C2OCC(C)[n+]3c2sc2ccccc23)=C2Sc3ccccc3N21. The van der Waals surface area contributed by atoms with E-state index < -0.39 is 0 Å². The van der Waals surface area contributed by atoms with Crippen molar-refractivity contribution < 1.29 is 14.0 Å². The molecule has 0 N–H and O–H groups in total. The van der Waals surface area contributed by atoms with Crippen molar-refractivity contribution in [2.24, 2.45) is 0 Å². The molecule has 0 spiro atoms. The molecule has 0 radical (unpaired) electrons. The summed E-state index contributed by atoms with van der Waals surface area (Å²) in [4.78, 5) is 3.69. The molecule has 0 aliphatic carbocycles. The molecule has 1 aromatic heterocycles. The molecule has 3 aromatic rings. The van der Waals surface area contributed by atoms with E-state index in [9.17, 15) is 0 Å². The van der Waals surface area contributed by atoms with E-state index in [1.54, 1.807) is 23.1 Å². The largest absolute Gasteiger partial charge is 0.489 e. The minimum absolute atomic E-state index is 0.310. The second kappa shape index (κ2) is 6.54. The lowest BCUT2D eigenvalue weighted by molar-refractivity contribution is -0.700. The van der Waals surface area contributed by atoms with Gasteiger partial charge < -0.3 is 14.4 Å². The molecule has 0 saturated carbocycles. The third-order valence-corrected chi connectivity index (χ3v) is 7.94. The Morgan fingerprint density at radius 3 is 2.79 bits per heavy atom. The Labute approximate surface area is 178 Å². The molecule has 3 aliphatic rings. The molecule has 29 heavy (non-hydrogen) atoms. The van der Waals surface area contributed by atoms with Crippen LogP contribution in [0.25, 0.3) is 16.0 Å². The number of para-hydroxylation sites is 2. The van der Waals surface area contributed by atoms with Crippen LogP contribution >= 0.6 is 23.1 Å². The van der Waals surface area contributed by atoms with E-state index in [-0.39, 0.29) is 0 Å². The Kier molecular flexibility index (Phi) is 3.93. The fourth-order valence-electron chi connectivity index (χ4n) is 4.24. The lowest BCUT2D eigenvalue weighted by atomic mass is 10.2. The smallest absolute Gasteiger partial charge is 0.305 e. The third kappa shape index (κ3) is 2.62. The van der Waals surface area contributed by atoms with E-state index in [1.807, 2.05) is 0 Å². The average molecular weight is 422 g/mol. The van der Waals surface area contributed by atoms with Gasteiger partial charge in [0.25, 0.3) is 0 Å². The Balaban J connectivity index is 1.49. The molecule has 6 heteroatoms. The molecule has 3 aliphatic heterocycles. The molecule has 4 heterocycles. The fraction of sp³-hybridized carbons (Fsp3) is 0.261. The van der Waals surface area contributed by atoms with Gasteiger partial charge in [0, 0.05) is 24.0 Å². The summed E-state index contributed by atoms with van der Waals surface area (Å²) in [5.74, 6) is 1.80. The molecule has 4 nitrogen and oxygen atoms in total. The minimum Gasteiger partial charge on any atom is -0.489 e. The van der Waals surface area contributed by atoms with E-state index >= 15 is 0 Å². The Morgan fingerprint density at radius 1 is 1.03 bits per heavy atom. The highest BCUT2D eigenvalue weighted by molar-refractivity contribution is 8.03. The van der Waals surface area contributed by atoms with Gasteiger partial charge in [0.15, 0.2) is 18.4 Å². The van der Waals surface area contributed by atoms with Crippen molar-refractivity contribution in [3.8, 4) is 0 Å². The molecule has 0 saturated heterocycles. The highest BCUT2D eigenvalue weighted by Crippen LogP contribution is 2.50. The maximum Gasteiger partial charge on any atom is 0.305 e. The molecule has 6 rings (SSSR count). The first kappa shape index (κ1) is 17.4. The second-order valence-corrected chi connectivity index (χ2v) is 9.74. The first-order chi connectivity index (χ1) is 14.2. The average Bonchev–Trinajstić information content (AvgIpc) is 3.32. The number of fused-ring (bicyclic) bond motifs is 6. The van der Waals surface area contributed by atoms with Gasteiger partial charge in [-0.05, 0) is 25.1 Å². The van der Waals surface area contributed by atoms with Crippen LogP contribution in [0.4, 0.5) is 5.69 Å². The predicted molar refractivity (Wildman–Crippen MR) is 118 cm³/mol. The third-order valence-electron chi connectivity index (χ3n) is 5.63. The van der Waals surface area contributed by atoms with Gasteiger partial charge >= 0.3 is 5.01 Å². The summed E-state index contributed by atoms with van der Waals surface area (Å²) in [7, 11) is 0. The number of ether oxygens (including phenoxy) is 2. The first-order valence-electron chi connectivity index (χ1n) is 9.92. The number of anilines is 1. The van der Waals surface area contributed by atoms with Crippen LogP contribution in [0.15, 0.2) is 70.3 Å². The fourth-order valence-corrected chi connectivity index (χ4v) is 6.68. The molecule has 0 amide bonds. The number of hydrogen-bond donors (Lipinski definition) is 0. The van der Waals surface area contributed by atoms with Crippen molar-refractivity contribution in [3.05, 3.63) is 70.4 Å². The number of thioether (sulfide) groups is 1. The number of nitrogens with zero attached hydrogens (tertiary/aromatic N) is 2. The molecular weight excluding hydrogens is 400 g/mol. The normalized spacial score (nSPS) is 24.2. The van der Waals surface area contributed by atoms with E-state index in [0.717, 1.165) is 21.6 Å². The van der Waals surface area contributed by atoms with Gasteiger partial charge in [0.1, 0.15) is 16.3 Å². The van der Waals surface area contributed by atoms with Crippen LogP contribution in [0.1, 0.15) is 24.9 Å². The minimum atomic E-state index is 0.310. The summed E-state index contributed by atoms with van der Waals surface area (Å²) in [6.45, 7) is 5.76. The van der Waals surface area contributed by atoms with Crippen molar-refractivity contribution in [3.63, 3.8) is 0 Å². The van der Waals surface area contributed by atoms with Crippen molar-refractivity contribution in [2.75, 3.05) is 18.1 Å². The standard InChI is InChI=1S/C23H21N2O2S2/c1-14-12-26-18(22-24(14)16-7-3-5-9-20(16)28-22)11-19-23-25(15(2)13-27-19)17-8-4-6-10-21(17)29-23/h3-11,14-15H,12-13H2,1-2H3/q+1. The number of rotatable bonds is 1. The van der Waals surface area contributed by atoms with E-state index in [1.165, 1.54) is 20.8 Å². The predicted octanol–water partition coefficient (Wildman–Crippen LogP) is 5.32. The van der Waals surface area contributed by atoms with Crippen LogP contribution in [-0.4, -0.2) is 19.3 Å². The van der Waals surface area contributed by atoms with E-state index in [0.29, 0.717) is 25.3 Å². The number of hydrogen-bond acceptors (Lipinski definition) is 5. The lowest BCUT2D eigenvalue weighted by Gasteiger charge is -2.33. The van der Waals surface area contributed by atoms with Crippen molar-refractivity contribution in [1.82, 2.24) is 0 Å². The zero-order valence-electron chi connectivity index (χ0n) is 16.3. The van der Waals surface area contributed by atoms with Gasteiger partial charge in [-0.15, -0.1) is 0 Å². The van der Waals surface area contributed by atoms with Crippen molar-refractivity contribution in [1.29, 1.82) is 0 Å². The number of allylic oxidation sites excluding steroid dienone is 1. The number of aromatic nitrogens is 1. The summed E-state index contributed by atoms with van der Waals surface area (Å²) in [6.07, 6.45) is 2.10. The topological polar surface area (TPSA) is 25.6 Å². The summed E-state index contributed by atoms with van der Waals surface area (Å²) in [5.41, 5.74) is 2.55. The monoisotopic (exact) mass is 421 g/mol. The van der Waals surface area contributed by atoms with Gasteiger partial charge in [0.2, 0.25) is 11.3 Å². The number of benzene rings is 2. The van der Waals surface area contributed by atoms with Gasteiger partial charge in [0.05, 0.1) is 11.7 Å². The molecule has 2 aromatic carbocycles. The molecule has 0 bridgehead atoms. The van der Waals surface area contributed by atoms with Crippen molar-refractivity contribution in [2.45, 2.75) is 30.8 Å². The molecular formula is C23H21N2O2S2+. The van der Waals surface area contributed by atoms with E-state index in [4.69, 9.17) is 9.47 Å². The van der Waals surface area contributed by atoms with Gasteiger partial charge in [-0.25, -0.2) is 0 Å². The Bertz CT molecular complexity index is 1200. The van der Waals surface area contributed by atoms with Crippen LogP contribution < -0.4 is 9.47 Å². The molecule has 2 atom stereocenters. The zero-order chi connectivity index (χ0) is 19.5. The summed E-state index contributed by atoms with van der Waals surface area (Å²) in [6, 6.07) is 17.8. The molecule has 0 fully saturated rings. The molecule has 2 unspecified atom stereocenters. The highest BCUT2D eigenvalue weighted by atomic mass is 32.2. The maximum atomic E-state index is 6.21. The van der Waals surface area contributed by atoms with Crippen LogP contribution in [0.3, 0.4) is 0 Å². The summed E-state index contributed by atoms with van der Waals surface area (Å²) < 4.78 is 16.1. The lowest BCUT2D eigenvalue weighted by Crippen LogP contribution is -2.45. The molecule has 146 valence electrons. The zero-order valence-corrected chi connectivity index (χ0v) is 17.9. The van der Waals surface area contributed by atoms with Gasteiger partial charge in [-0.2, -0.15) is 4.57 Å². The summed E-state index contributed by atoms with van der Waals surface area (Å²) >= 11 is 3.57. The van der Waals surface area contributed by atoms with E-state index in [2.05, 4.69) is 77.9 Å². The Hall–Kier alpha value is -2.44. The van der Waals surface area contributed by atoms with Crippen molar-refractivity contribution >= 4 is 44.8 Å². The first-order valence-corrected chi connectivity index (χ1v) is 11.5. The van der Waals surface area contributed by atoms with Gasteiger partial charge in [-0.1, -0.05) is 47.4 Å². The van der Waals surface area contributed by atoms with Crippen LogP contribution in [0.5, 0.6) is 0 Å². The maximum absolute atomic E-state index is 6.21. The van der Waals surface area contributed by atoms with Crippen LogP contribution in [-0.2, 0) is 9.47 Å². The van der Waals surface area contributed by atoms with Crippen LogP contribution in [0.2, 0.25) is 0 Å². The van der Waals surface area contributed by atoms with Crippen LogP contribution in [0, 0.1) is 0 Å². The highest BCUT2D eigenvalue weighted by Gasteiger charge is 2.38. The van der Waals surface area contributed by atoms with Gasteiger partial charge in [-0.3, -0.25) is 0 Å².